The lowest BCUT2D eigenvalue weighted by molar-refractivity contribution is 0.0562. The minimum absolute atomic E-state index is 0.147. The molecule has 6 rings (SSSR count). The van der Waals surface area contributed by atoms with Crippen LogP contribution in [0.2, 0.25) is 0 Å². The van der Waals surface area contributed by atoms with Crippen LogP contribution in [0.5, 0.6) is 0 Å². The second kappa shape index (κ2) is 8.03. The summed E-state index contributed by atoms with van der Waals surface area (Å²) in [5, 5.41) is 4.83. The van der Waals surface area contributed by atoms with Crippen LogP contribution in [0, 0.1) is 12.3 Å². The van der Waals surface area contributed by atoms with Crippen molar-refractivity contribution in [3.8, 4) is 10.7 Å². The van der Waals surface area contributed by atoms with Crippen LogP contribution in [0.1, 0.15) is 53.5 Å². The average molecular weight is 459 g/mol. The highest BCUT2D eigenvalue weighted by Gasteiger charge is 2.61. The normalized spacial score (nSPS) is 30.4. The molecular weight excluding hydrogens is 428 g/mol. The number of amides is 1. The van der Waals surface area contributed by atoms with Crippen LogP contribution in [-0.4, -0.2) is 44.9 Å². The van der Waals surface area contributed by atoms with Crippen molar-refractivity contribution in [2.45, 2.75) is 70.1 Å². The van der Waals surface area contributed by atoms with Gasteiger partial charge < -0.3 is 10.2 Å². The van der Waals surface area contributed by atoms with E-state index in [4.69, 9.17) is 4.98 Å². The Balaban J connectivity index is 1.36. The Morgan fingerprint density at radius 3 is 2.79 bits per heavy atom. The predicted molar refractivity (Wildman–Crippen MR) is 131 cm³/mol. The predicted octanol–water partition coefficient (Wildman–Crippen LogP) is 4.87. The van der Waals surface area contributed by atoms with Gasteiger partial charge >= 0.3 is 0 Å². The zero-order chi connectivity index (χ0) is 22.6. The second-order valence-electron chi connectivity index (χ2n) is 10.1. The third-order valence-electron chi connectivity index (χ3n) is 8.16. The number of thiazole rings is 1. The average Bonchev–Trinajstić information content (AvgIpc) is 3.37. The maximum Gasteiger partial charge on any atom is 0.266 e. The molecule has 4 heterocycles. The molecule has 2 aromatic heterocycles. The molecule has 0 spiro atoms. The SMILES string of the molecule is Cc1nc(-c2ccccn2)sc1C(=O)N1[C@H]2CCC[C@H]3N[C@H](Cc4ccccc4)[C@@H]1C[C@@]23C. The van der Waals surface area contributed by atoms with Crippen LogP contribution < -0.4 is 5.32 Å². The van der Waals surface area contributed by atoms with E-state index in [1.54, 1.807) is 6.20 Å². The van der Waals surface area contributed by atoms with E-state index >= 15 is 0 Å². The van der Waals surface area contributed by atoms with Crippen molar-refractivity contribution in [1.29, 1.82) is 0 Å². The number of aryl methyl sites for hydroxylation is 1. The second-order valence-corrected chi connectivity index (χ2v) is 11.1. The van der Waals surface area contributed by atoms with Gasteiger partial charge in [0.15, 0.2) is 0 Å². The molecule has 0 unspecified atom stereocenters. The van der Waals surface area contributed by atoms with Gasteiger partial charge in [0.1, 0.15) is 9.88 Å². The molecule has 1 aromatic carbocycles. The van der Waals surface area contributed by atoms with Crippen molar-refractivity contribution in [2.75, 3.05) is 0 Å². The van der Waals surface area contributed by atoms with Crippen molar-refractivity contribution in [2.24, 2.45) is 5.41 Å². The molecule has 1 saturated carbocycles. The van der Waals surface area contributed by atoms with E-state index in [2.05, 4.69) is 52.5 Å². The number of benzene rings is 1. The Hall–Kier alpha value is -2.57. The van der Waals surface area contributed by atoms with E-state index in [0.717, 1.165) is 40.5 Å². The summed E-state index contributed by atoms with van der Waals surface area (Å²) in [6.45, 7) is 4.37. The monoisotopic (exact) mass is 458 g/mol. The summed E-state index contributed by atoms with van der Waals surface area (Å²) >= 11 is 1.49. The molecule has 2 aliphatic heterocycles. The number of nitrogens with one attached hydrogen (secondary N) is 1. The van der Waals surface area contributed by atoms with Gasteiger partial charge in [-0.25, -0.2) is 4.98 Å². The highest BCUT2D eigenvalue weighted by Crippen LogP contribution is 2.54. The maximum absolute atomic E-state index is 14.1. The fourth-order valence-corrected chi connectivity index (χ4v) is 7.55. The number of nitrogens with zero attached hydrogens (tertiary/aromatic N) is 3. The molecule has 3 fully saturated rings. The molecular formula is C27H30N4OS. The van der Waals surface area contributed by atoms with Crippen molar-refractivity contribution < 1.29 is 4.79 Å². The number of hydrogen-bond donors (Lipinski definition) is 1. The fourth-order valence-electron chi connectivity index (χ4n) is 6.57. The Bertz CT molecular complexity index is 1160. The zero-order valence-electron chi connectivity index (χ0n) is 19.2. The quantitative estimate of drug-likeness (QED) is 0.606. The minimum atomic E-state index is 0.147. The van der Waals surface area contributed by atoms with Crippen LogP contribution in [0.15, 0.2) is 54.7 Å². The molecule has 1 amide bonds. The summed E-state index contributed by atoms with van der Waals surface area (Å²) in [5.74, 6) is 0.160. The van der Waals surface area contributed by atoms with E-state index < -0.39 is 0 Å². The number of piperidine rings is 1. The molecule has 5 atom stereocenters. The summed E-state index contributed by atoms with van der Waals surface area (Å²) in [6.07, 6.45) is 7.29. The zero-order valence-corrected chi connectivity index (χ0v) is 20.0. The topological polar surface area (TPSA) is 58.1 Å². The molecule has 6 heteroatoms. The van der Waals surface area contributed by atoms with Crippen molar-refractivity contribution >= 4 is 17.2 Å². The third kappa shape index (κ3) is 3.42. The van der Waals surface area contributed by atoms with Gasteiger partial charge in [-0.15, -0.1) is 11.3 Å². The first kappa shape index (κ1) is 21.0. The van der Waals surface area contributed by atoms with Gasteiger partial charge in [-0.05, 0) is 56.7 Å². The smallest absolute Gasteiger partial charge is 0.266 e. The van der Waals surface area contributed by atoms with E-state index in [0.29, 0.717) is 12.1 Å². The van der Waals surface area contributed by atoms with Gasteiger partial charge in [0.05, 0.1) is 11.4 Å². The lowest BCUT2D eigenvalue weighted by atomic mass is 9.65. The van der Waals surface area contributed by atoms with Gasteiger partial charge in [-0.3, -0.25) is 9.78 Å². The largest absolute Gasteiger partial charge is 0.330 e. The highest BCUT2D eigenvalue weighted by atomic mass is 32.1. The molecule has 3 aromatic rings. The van der Waals surface area contributed by atoms with E-state index in [1.807, 2.05) is 25.1 Å². The number of rotatable bonds is 4. The number of likely N-dealkylation sites (tertiary alicyclic amines) is 1. The Kier molecular flexibility index (Phi) is 5.11. The van der Waals surface area contributed by atoms with E-state index in [-0.39, 0.29) is 23.4 Å². The summed E-state index contributed by atoms with van der Waals surface area (Å²) < 4.78 is 0. The third-order valence-corrected chi connectivity index (χ3v) is 9.33. The van der Waals surface area contributed by atoms with Gasteiger partial charge in [-0.1, -0.05) is 43.3 Å². The molecule has 0 radical (unpaired) electrons. The summed E-state index contributed by atoms with van der Waals surface area (Å²) in [5.41, 5.74) is 3.13. The fraction of sp³-hybridized carbons (Fsp3) is 0.444. The summed E-state index contributed by atoms with van der Waals surface area (Å²) in [7, 11) is 0. The van der Waals surface area contributed by atoms with Crippen LogP contribution >= 0.6 is 11.3 Å². The lowest BCUT2D eigenvalue weighted by Crippen LogP contribution is -2.58. The van der Waals surface area contributed by atoms with Crippen molar-refractivity contribution in [3.05, 3.63) is 70.9 Å². The summed E-state index contributed by atoms with van der Waals surface area (Å²) in [6, 6.07) is 17.8. The number of carbonyl (C=O) groups is 1. The van der Waals surface area contributed by atoms with Gasteiger partial charge in [-0.2, -0.15) is 0 Å². The molecule has 5 nitrogen and oxygen atoms in total. The molecule has 1 N–H and O–H groups in total. The molecule has 3 aliphatic rings. The molecule has 33 heavy (non-hydrogen) atoms. The minimum Gasteiger partial charge on any atom is -0.330 e. The van der Waals surface area contributed by atoms with E-state index in [1.165, 1.54) is 29.7 Å². The molecule has 170 valence electrons. The molecule has 1 aliphatic carbocycles. The molecule has 2 saturated heterocycles. The Morgan fingerprint density at radius 2 is 2.00 bits per heavy atom. The number of pyridine rings is 1. The first-order valence-corrected chi connectivity index (χ1v) is 12.9. The van der Waals surface area contributed by atoms with Crippen LogP contribution in [0.3, 0.4) is 0 Å². The first-order valence-electron chi connectivity index (χ1n) is 12.1. The van der Waals surface area contributed by atoms with E-state index in [9.17, 15) is 4.79 Å². The van der Waals surface area contributed by atoms with Crippen molar-refractivity contribution in [1.82, 2.24) is 20.2 Å². The summed E-state index contributed by atoms with van der Waals surface area (Å²) in [4.78, 5) is 26.4. The van der Waals surface area contributed by atoms with Gasteiger partial charge in [0, 0.05) is 35.8 Å². The first-order chi connectivity index (χ1) is 16.0. The highest BCUT2D eigenvalue weighted by molar-refractivity contribution is 7.17. The number of aromatic nitrogens is 2. The number of hydrogen-bond acceptors (Lipinski definition) is 5. The Morgan fingerprint density at radius 1 is 1.18 bits per heavy atom. The molecule has 2 bridgehead atoms. The standard InChI is InChI=1S/C27H30N4OS/c1-17-24(33-25(29-17)19-11-6-7-14-28-19)26(32)31-21-16-27(2)22(12-8-13-23(27)31)30-20(21)15-18-9-4-3-5-10-18/h3-7,9-11,14,20-23,30H,8,12-13,15-16H2,1-2H3/t20-,21+,22-,23+,27-/m1/s1. The lowest BCUT2D eigenvalue weighted by Gasteiger charge is -2.46. The Labute approximate surface area is 199 Å². The van der Waals surface area contributed by atoms with Crippen LogP contribution in [-0.2, 0) is 6.42 Å². The van der Waals surface area contributed by atoms with Crippen molar-refractivity contribution in [3.63, 3.8) is 0 Å². The number of fused-ring (bicyclic) bond motifs is 1. The number of carbonyl (C=O) groups excluding carboxylic acids is 1. The van der Waals surface area contributed by atoms with Crippen LogP contribution in [0.25, 0.3) is 10.7 Å². The maximum atomic E-state index is 14.1. The van der Waals surface area contributed by atoms with Gasteiger partial charge in [0.2, 0.25) is 0 Å². The van der Waals surface area contributed by atoms with Gasteiger partial charge in [0.25, 0.3) is 5.91 Å². The van der Waals surface area contributed by atoms with Crippen LogP contribution in [0.4, 0.5) is 0 Å².